The van der Waals surface area contributed by atoms with Crippen molar-refractivity contribution in [3.8, 4) is 0 Å². The maximum Gasteiger partial charge on any atom is 0.268 e. The molecule has 2 heterocycles. The van der Waals surface area contributed by atoms with Gasteiger partial charge >= 0.3 is 0 Å². The van der Waals surface area contributed by atoms with E-state index in [2.05, 4.69) is 6.92 Å². The van der Waals surface area contributed by atoms with Crippen molar-refractivity contribution in [3.05, 3.63) is 59.7 Å². The number of benzene rings is 2. The zero-order chi connectivity index (χ0) is 16.9. The Bertz CT molecular complexity index is 834. The number of likely N-dealkylation sites (N-methyl/N-ethyl adjacent to an activating group) is 1. The van der Waals surface area contributed by atoms with E-state index in [1.807, 2.05) is 48.5 Å². The summed E-state index contributed by atoms with van der Waals surface area (Å²) in [6.07, 6.45) is 0.943. The van der Waals surface area contributed by atoms with Crippen LogP contribution in [0.5, 0.6) is 0 Å². The van der Waals surface area contributed by atoms with Gasteiger partial charge in [0.05, 0.1) is 11.4 Å². The Morgan fingerprint density at radius 3 is 2.50 bits per heavy atom. The number of anilines is 2. The van der Waals surface area contributed by atoms with Crippen LogP contribution in [-0.4, -0.2) is 24.6 Å². The maximum absolute atomic E-state index is 13.1. The summed E-state index contributed by atoms with van der Waals surface area (Å²) < 4.78 is 0. The molecule has 0 aliphatic carbocycles. The van der Waals surface area contributed by atoms with Gasteiger partial charge in [0, 0.05) is 18.3 Å². The van der Waals surface area contributed by atoms with E-state index in [1.54, 1.807) is 16.8 Å². The van der Waals surface area contributed by atoms with Crippen LogP contribution >= 0.6 is 11.8 Å². The molecule has 1 atom stereocenters. The van der Waals surface area contributed by atoms with E-state index in [-0.39, 0.29) is 11.8 Å². The van der Waals surface area contributed by atoms with Crippen molar-refractivity contribution >= 4 is 35.0 Å². The summed E-state index contributed by atoms with van der Waals surface area (Å²) in [5, 5.41) is 0. The van der Waals surface area contributed by atoms with Crippen molar-refractivity contribution in [2.24, 2.45) is 0 Å². The Morgan fingerprint density at radius 2 is 1.79 bits per heavy atom. The summed E-state index contributed by atoms with van der Waals surface area (Å²) in [6.45, 7) is 2.10. The molecule has 0 N–H and O–H groups in total. The second kappa shape index (κ2) is 5.38. The highest BCUT2D eigenvalue weighted by molar-refractivity contribution is 8.02. The van der Waals surface area contributed by atoms with E-state index in [0.717, 1.165) is 23.4 Å². The minimum atomic E-state index is -0.976. The Balaban J connectivity index is 1.90. The fourth-order valence-electron chi connectivity index (χ4n) is 3.54. The lowest BCUT2D eigenvalue weighted by Crippen LogP contribution is -2.49. The number of hydrogen-bond donors (Lipinski definition) is 0. The Kier molecular flexibility index (Phi) is 3.42. The fourth-order valence-corrected chi connectivity index (χ4v) is 4.92. The van der Waals surface area contributed by atoms with Crippen LogP contribution in [0.3, 0.4) is 0 Å². The summed E-state index contributed by atoms with van der Waals surface area (Å²) in [5.74, 6) is 0.227. The molecule has 0 bridgehead atoms. The molecule has 0 aromatic heterocycles. The molecule has 24 heavy (non-hydrogen) atoms. The molecule has 4 rings (SSSR count). The van der Waals surface area contributed by atoms with Crippen molar-refractivity contribution in [2.45, 2.75) is 18.2 Å². The average Bonchev–Trinajstić information content (AvgIpc) is 3.07. The van der Waals surface area contributed by atoms with Gasteiger partial charge in [-0.2, -0.15) is 0 Å². The number of amides is 2. The van der Waals surface area contributed by atoms with Crippen LogP contribution in [0.25, 0.3) is 0 Å². The van der Waals surface area contributed by atoms with Gasteiger partial charge < -0.3 is 4.90 Å². The Labute approximate surface area is 145 Å². The summed E-state index contributed by atoms with van der Waals surface area (Å²) in [7, 11) is 1.78. The number of rotatable bonds is 2. The van der Waals surface area contributed by atoms with Crippen LogP contribution in [0.1, 0.15) is 18.1 Å². The molecule has 0 saturated carbocycles. The first kappa shape index (κ1) is 15.3. The number of para-hydroxylation sites is 1. The Morgan fingerprint density at radius 1 is 1.08 bits per heavy atom. The SMILES string of the molecule is CCc1ccc(N2C(=O)CS[C@]23C(=O)N(C)c2ccccc23)cc1. The van der Waals surface area contributed by atoms with Crippen molar-refractivity contribution in [2.75, 3.05) is 22.6 Å². The summed E-state index contributed by atoms with van der Waals surface area (Å²) in [4.78, 5) is 28.2. The first-order valence-corrected chi connectivity index (χ1v) is 9.01. The minimum absolute atomic E-state index is 0.0253. The largest absolute Gasteiger partial charge is 0.312 e. The number of fused-ring (bicyclic) bond motifs is 2. The lowest BCUT2D eigenvalue weighted by molar-refractivity contribution is -0.123. The number of thioether (sulfide) groups is 1. The van der Waals surface area contributed by atoms with Crippen molar-refractivity contribution in [3.63, 3.8) is 0 Å². The van der Waals surface area contributed by atoms with E-state index in [4.69, 9.17) is 0 Å². The fraction of sp³-hybridized carbons (Fsp3) is 0.263. The van der Waals surface area contributed by atoms with Crippen LogP contribution in [-0.2, 0) is 20.9 Å². The van der Waals surface area contributed by atoms with Gasteiger partial charge in [-0.25, -0.2) is 0 Å². The molecule has 0 unspecified atom stereocenters. The van der Waals surface area contributed by atoms with Crippen LogP contribution in [0.4, 0.5) is 11.4 Å². The quantitative estimate of drug-likeness (QED) is 0.844. The second-order valence-corrected chi connectivity index (χ2v) is 7.23. The van der Waals surface area contributed by atoms with E-state index in [1.165, 1.54) is 17.3 Å². The Hall–Kier alpha value is -2.27. The highest BCUT2D eigenvalue weighted by Gasteiger charge is 2.60. The number of hydrogen-bond acceptors (Lipinski definition) is 3. The number of nitrogens with zero attached hydrogens (tertiary/aromatic N) is 2. The van der Waals surface area contributed by atoms with Crippen LogP contribution < -0.4 is 9.80 Å². The van der Waals surface area contributed by atoms with E-state index >= 15 is 0 Å². The van der Waals surface area contributed by atoms with E-state index in [0.29, 0.717) is 5.75 Å². The molecule has 122 valence electrons. The van der Waals surface area contributed by atoms with Gasteiger partial charge in [-0.15, -0.1) is 11.8 Å². The molecule has 1 fully saturated rings. The molecular formula is C19H18N2O2S. The second-order valence-electron chi connectivity index (χ2n) is 6.06. The number of aryl methyl sites for hydroxylation is 1. The summed E-state index contributed by atoms with van der Waals surface area (Å²) >= 11 is 1.41. The van der Waals surface area contributed by atoms with Gasteiger partial charge in [-0.1, -0.05) is 37.3 Å². The van der Waals surface area contributed by atoms with Crippen LogP contribution in [0, 0.1) is 0 Å². The molecule has 0 radical (unpaired) electrons. The highest BCUT2D eigenvalue weighted by Crippen LogP contribution is 2.55. The predicted molar refractivity (Wildman–Crippen MR) is 97.3 cm³/mol. The minimum Gasteiger partial charge on any atom is -0.312 e. The molecule has 2 aliphatic rings. The molecule has 2 amide bonds. The lowest BCUT2D eigenvalue weighted by Gasteiger charge is -2.33. The summed E-state index contributed by atoms with van der Waals surface area (Å²) in [6, 6.07) is 15.7. The average molecular weight is 338 g/mol. The lowest BCUT2D eigenvalue weighted by atomic mass is 10.0. The topological polar surface area (TPSA) is 40.6 Å². The molecule has 1 spiro atoms. The van der Waals surface area contributed by atoms with Crippen molar-refractivity contribution in [1.82, 2.24) is 0 Å². The molecule has 2 aromatic carbocycles. The molecule has 2 aliphatic heterocycles. The van der Waals surface area contributed by atoms with E-state index < -0.39 is 4.87 Å². The molecule has 5 heteroatoms. The molecule has 4 nitrogen and oxygen atoms in total. The molecule has 2 aromatic rings. The van der Waals surface area contributed by atoms with Gasteiger partial charge in [0.1, 0.15) is 0 Å². The highest BCUT2D eigenvalue weighted by atomic mass is 32.2. The maximum atomic E-state index is 13.1. The first-order valence-electron chi connectivity index (χ1n) is 8.03. The first-order chi connectivity index (χ1) is 11.6. The van der Waals surface area contributed by atoms with Gasteiger partial charge in [0.2, 0.25) is 10.8 Å². The van der Waals surface area contributed by atoms with Gasteiger partial charge in [0.25, 0.3) is 5.91 Å². The number of carbonyl (C=O) groups excluding carboxylic acids is 2. The molecule has 1 saturated heterocycles. The smallest absolute Gasteiger partial charge is 0.268 e. The van der Waals surface area contributed by atoms with Crippen LogP contribution in [0.2, 0.25) is 0 Å². The van der Waals surface area contributed by atoms with Crippen molar-refractivity contribution < 1.29 is 9.59 Å². The third-order valence-electron chi connectivity index (χ3n) is 4.80. The molecular weight excluding hydrogens is 320 g/mol. The predicted octanol–water partition coefficient (Wildman–Crippen LogP) is 3.16. The monoisotopic (exact) mass is 338 g/mol. The van der Waals surface area contributed by atoms with E-state index in [9.17, 15) is 9.59 Å². The van der Waals surface area contributed by atoms with Gasteiger partial charge in [0.15, 0.2) is 0 Å². The zero-order valence-electron chi connectivity index (χ0n) is 13.7. The number of carbonyl (C=O) groups is 2. The van der Waals surface area contributed by atoms with Gasteiger partial charge in [-0.3, -0.25) is 14.5 Å². The normalized spacial score (nSPS) is 22.6. The summed E-state index contributed by atoms with van der Waals surface area (Å²) in [5.41, 5.74) is 3.76. The van der Waals surface area contributed by atoms with Crippen LogP contribution in [0.15, 0.2) is 48.5 Å². The zero-order valence-corrected chi connectivity index (χ0v) is 14.5. The van der Waals surface area contributed by atoms with Crippen molar-refractivity contribution in [1.29, 1.82) is 0 Å². The third kappa shape index (κ3) is 1.88. The standard InChI is InChI=1S/C19H18N2O2S/c1-3-13-8-10-14(11-9-13)21-17(22)12-24-19(21)15-6-4-5-7-16(15)20(2)18(19)23/h4-11H,3,12H2,1-2H3/t19-/m1/s1. The third-order valence-corrected chi connectivity index (χ3v) is 6.18. The van der Waals surface area contributed by atoms with Gasteiger partial charge in [-0.05, 0) is 30.2 Å².